The summed E-state index contributed by atoms with van der Waals surface area (Å²) >= 11 is 0. The molecule has 0 aliphatic heterocycles. The maximum Gasteiger partial charge on any atom is 0.272 e. The molecule has 1 aliphatic rings. The number of carbonyl (C=O) groups excluding carboxylic acids is 1. The molecule has 1 N–H and O–H groups in total. The molecule has 4 heteroatoms. The highest BCUT2D eigenvalue weighted by atomic mass is 16.2. The number of hydrazone groups is 1. The molecule has 1 fully saturated rings. The smallest absolute Gasteiger partial charge is 0.267 e. The minimum atomic E-state index is -0.198. The van der Waals surface area contributed by atoms with Gasteiger partial charge in [0.05, 0.1) is 5.56 Å². The molecule has 1 aromatic rings. The third kappa shape index (κ3) is 3.88. The molecule has 1 unspecified atom stereocenters. The van der Waals surface area contributed by atoms with E-state index in [1.54, 1.807) is 24.5 Å². The SMILES string of the molecule is CC1CC(=NNC(=O)c2cccnc2)CC(C)(C)C1. The summed E-state index contributed by atoms with van der Waals surface area (Å²) in [6.45, 7) is 6.74. The zero-order chi connectivity index (χ0) is 13.9. The largest absolute Gasteiger partial charge is 0.272 e. The van der Waals surface area contributed by atoms with Gasteiger partial charge in [0.2, 0.25) is 0 Å². The van der Waals surface area contributed by atoms with Crippen LogP contribution in [0.1, 0.15) is 50.4 Å². The lowest BCUT2D eigenvalue weighted by Gasteiger charge is -2.34. The Hall–Kier alpha value is -1.71. The fourth-order valence-electron chi connectivity index (χ4n) is 2.89. The van der Waals surface area contributed by atoms with E-state index in [1.165, 1.54) is 6.42 Å². The molecule has 1 aliphatic carbocycles. The van der Waals surface area contributed by atoms with Crippen molar-refractivity contribution < 1.29 is 4.79 Å². The molecule has 1 heterocycles. The lowest BCUT2D eigenvalue weighted by Crippen LogP contribution is -2.30. The molecule has 1 saturated carbocycles. The van der Waals surface area contributed by atoms with Crippen molar-refractivity contribution in [2.45, 2.75) is 40.0 Å². The van der Waals surface area contributed by atoms with E-state index in [0.717, 1.165) is 18.6 Å². The standard InChI is InChI=1S/C15H21N3O/c1-11-7-13(9-15(2,3)8-11)17-18-14(19)12-5-4-6-16-10-12/h4-6,10-11H,7-9H2,1-3H3,(H,18,19). The third-order valence-electron chi connectivity index (χ3n) is 3.41. The summed E-state index contributed by atoms with van der Waals surface area (Å²) in [5, 5.41) is 4.29. The second-order valence-electron chi connectivity index (χ2n) is 6.22. The first-order chi connectivity index (χ1) is 8.96. The maximum absolute atomic E-state index is 11.9. The summed E-state index contributed by atoms with van der Waals surface area (Å²) in [5.74, 6) is 0.425. The number of rotatable bonds is 2. The molecule has 102 valence electrons. The average molecular weight is 259 g/mol. The second-order valence-corrected chi connectivity index (χ2v) is 6.22. The highest BCUT2D eigenvalue weighted by Crippen LogP contribution is 2.36. The van der Waals surface area contributed by atoms with Gasteiger partial charge in [-0.1, -0.05) is 20.8 Å². The van der Waals surface area contributed by atoms with Crippen LogP contribution in [0.4, 0.5) is 0 Å². The monoisotopic (exact) mass is 259 g/mol. The Labute approximate surface area is 114 Å². The Morgan fingerprint density at radius 1 is 1.53 bits per heavy atom. The Morgan fingerprint density at radius 3 is 2.95 bits per heavy atom. The van der Waals surface area contributed by atoms with E-state index >= 15 is 0 Å². The maximum atomic E-state index is 11.9. The van der Waals surface area contributed by atoms with Crippen LogP contribution in [0.3, 0.4) is 0 Å². The first kappa shape index (κ1) is 13.7. The Morgan fingerprint density at radius 2 is 2.32 bits per heavy atom. The molecule has 1 atom stereocenters. The van der Waals surface area contributed by atoms with Crippen molar-refractivity contribution in [2.75, 3.05) is 0 Å². The first-order valence-corrected chi connectivity index (χ1v) is 6.72. The van der Waals surface area contributed by atoms with E-state index in [2.05, 4.69) is 36.3 Å². The van der Waals surface area contributed by atoms with Crippen LogP contribution in [-0.4, -0.2) is 16.6 Å². The zero-order valence-corrected chi connectivity index (χ0v) is 11.8. The molecule has 4 nitrogen and oxygen atoms in total. The Bertz CT molecular complexity index is 479. The van der Waals surface area contributed by atoms with Gasteiger partial charge in [-0.05, 0) is 42.7 Å². The zero-order valence-electron chi connectivity index (χ0n) is 11.8. The van der Waals surface area contributed by atoms with Crippen molar-refractivity contribution in [2.24, 2.45) is 16.4 Å². The molecule has 0 spiro atoms. The van der Waals surface area contributed by atoms with Crippen molar-refractivity contribution in [1.29, 1.82) is 0 Å². The van der Waals surface area contributed by atoms with Gasteiger partial charge in [-0.15, -0.1) is 0 Å². The van der Waals surface area contributed by atoms with Crippen LogP contribution >= 0.6 is 0 Å². The molecule has 1 aromatic heterocycles. The predicted molar refractivity (Wildman–Crippen MR) is 75.9 cm³/mol. The fraction of sp³-hybridized carbons (Fsp3) is 0.533. The highest BCUT2D eigenvalue weighted by molar-refractivity contribution is 5.95. The number of aromatic nitrogens is 1. The summed E-state index contributed by atoms with van der Waals surface area (Å²) in [4.78, 5) is 15.8. The first-order valence-electron chi connectivity index (χ1n) is 6.72. The number of nitrogens with one attached hydrogen (secondary N) is 1. The van der Waals surface area contributed by atoms with Crippen molar-refractivity contribution >= 4 is 11.6 Å². The van der Waals surface area contributed by atoms with E-state index in [9.17, 15) is 4.79 Å². The van der Waals surface area contributed by atoms with E-state index in [0.29, 0.717) is 11.5 Å². The number of pyridine rings is 1. The predicted octanol–water partition coefficient (Wildman–Crippen LogP) is 3.01. The molecule has 2 rings (SSSR count). The van der Waals surface area contributed by atoms with Crippen molar-refractivity contribution in [1.82, 2.24) is 10.4 Å². The van der Waals surface area contributed by atoms with Crippen molar-refractivity contribution in [3.05, 3.63) is 30.1 Å². The van der Waals surface area contributed by atoms with E-state index in [4.69, 9.17) is 0 Å². The molecule has 0 bridgehead atoms. The number of hydrogen-bond acceptors (Lipinski definition) is 3. The third-order valence-corrected chi connectivity index (χ3v) is 3.41. The number of hydrogen-bond donors (Lipinski definition) is 1. The van der Waals surface area contributed by atoms with Gasteiger partial charge in [0.25, 0.3) is 5.91 Å². The summed E-state index contributed by atoms with van der Waals surface area (Å²) in [6.07, 6.45) is 6.32. The number of amides is 1. The minimum Gasteiger partial charge on any atom is -0.267 e. The van der Waals surface area contributed by atoms with E-state index in [-0.39, 0.29) is 11.3 Å². The molecule has 0 aromatic carbocycles. The summed E-state index contributed by atoms with van der Waals surface area (Å²) in [7, 11) is 0. The van der Waals surface area contributed by atoms with Gasteiger partial charge in [0.1, 0.15) is 0 Å². The fourth-order valence-corrected chi connectivity index (χ4v) is 2.89. The van der Waals surface area contributed by atoms with Gasteiger partial charge in [0, 0.05) is 18.1 Å². The van der Waals surface area contributed by atoms with Crippen LogP contribution in [0.25, 0.3) is 0 Å². The second kappa shape index (κ2) is 5.51. The topological polar surface area (TPSA) is 54.4 Å². The van der Waals surface area contributed by atoms with Gasteiger partial charge >= 0.3 is 0 Å². The van der Waals surface area contributed by atoms with Crippen molar-refractivity contribution in [3.8, 4) is 0 Å². The lowest BCUT2D eigenvalue weighted by molar-refractivity contribution is 0.0953. The van der Waals surface area contributed by atoms with Gasteiger partial charge in [-0.25, -0.2) is 5.43 Å². The summed E-state index contributed by atoms with van der Waals surface area (Å²) < 4.78 is 0. The lowest BCUT2D eigenvalue weighted by atomic mass is 9.72. The van der Waals surface area contributed by atoms with Gasteiger partial charge in [-0.2, -0.15) is 5.10 Å². The molecule has 0 saturated heterocycles. The highest BCUT2D eigenvalue weighted by Gasteiger charge is 2.29. The normalized spacial score (nSPS) is 24.2. The summed E-state index contributed by atoms with van der Waals surface area (Å²) in [5.41, 5.74) is 4.53. The minimum absolute atomic E-state index is 0.198. The molecule has 1 amide bonds. The Balaban J connectivity index is 2.01. The van der Waals surface area contributed by atoms with Crippen LogP contribution < -0.4 is 5.43 Å². The molecule has 19 heavy (non-hydrogen) atoms. The van der Waals surface area contributed by atoms with Crippen molar-refractivity contribution in [3.63, 3.8) is 0 Å². The number of nitrogens with zero attached hydrogens (tertiary/aromatic N) is 2. The van der Waals surface area contributed by atoms with E-state index in [1.807, 2.05) is 0 Å². The van der Waals surface area contributed by atoms with E-state index < -0.39 is 0 Å². The van der Waals surface area contributed by atoms with Gasteiger partial charge in [0.15, 0.2) is 0 Å². The van der Waals surface area contributed by atoms with Crippen LogP contribution in [0.15, 0.2) is 29.6 Å². The van der Waals surface area contributed by atoms with Crippen LogP contribution in [0, 0.1) is 11.3 Å². The molecular weight excluding hydrogens is 238 g/mol. The number of carbonyl (C=O) groups is 1. The van der Waals surface area contributed by atoms with Gasteiger partial charge < -0.3 is 0 Å². The van der Waals surface area contributed by atoms with Crippen LogP contribution in [-0.2, 0) is 0 Å². The average Bonchev–Trinajstić information content (AvgIpc) is 2.34. The quantitative estimate of drug-likeness (QED) is 0.830. The van der Waals surface area contributed by atoms with Crippen LogP contribution in [0.5, 0.6) is 0 Å². The van der Waals surface area contributed by atoms with Crippen LogP contribution in [0.2, 0.25) is 0 Å². The van der Waals surface area contributed by atoms with Gasteiger partial charge in [-0.3, -0.25) is 9.78 Å². The Kier molecular flexibility index (Phi) is 3.98. The summed E-state index contributed by atoms with van der Waals surface area (Å²) in [6, 6.07) is 3.48. The molecule has 0 radical (unpaired) electrons. The molecular formula is C15H21N3O.